The van der Waals surface area contributed by atoms with Crippen molar-refractivity contribution in [2.45, 2.75) is 26.0 Å². The Morgan fingerprint density at radius 3 is 2.41 bits per heavy atom. The van der Waals surface area contributed by atoms with Crippen LogP contribution in [0.15, 0.2) is 18.2 Å². The number of morpholine rings is 1. The molecule has 1 heterocycles. The van der Waals surface area contributed by atoms with Gasteiger partial charge < -0.3 is 10.1 Å². The third-order valence-corrected chi connectivity index (χ3v) is 3.17. The zero-order chi connectivity index (χ0) is 12.4. The predicted molar refractivity (Wildman–Crippen MR) is 61.7 cm³/mol. The van der Waals surface area contributed by atoms with Crippen molar-refractivity contribution in [1.82, 2.24) is 5.32 Å². The summed E-state index contributed by atoms with van der Waals surface area (Å²) in [4.78, 5) is 0. The van der Waals surface area contributed by atoms with Crippen molar-refractivity contribution in [1.29, 1.82) is 0 Å². The minimum Gasteiger partial charge on any atom is -0.370 e. The molecule has 1 aromatic carbocycles. The molecule has 1 aliphatic heterocycles. The Morgan fingerprint density at radius 2 is 1.94 bits per heavy atom. The fraction of sp³-hybridized carbons (Fsp3) is 0.538. The largest absolute Gasteiger partial charge is 0.370 e. The van der Waals surface area contributed by atoms with Gasteiger partial charge in [0.05, 0.1) is 12.2 Å². The molecule has 2 nitrogen and oxygen atoms in total. The minimum absolute atomic E-state index is 0.0298. The van der Waals surface area contributed by atoms with Crippen molar-refractivity contribution < 1.29 is 13.5 Å². The van der Waals surface area contributed by atoms with Crippen LogP contribution in [0.1, 0.15) is 25.5 Å². The second-order valence-corrected chi connectivity index (χ2v) is 4.72. The average molecular weight is 241 g/mol. The molecule has 2 atom stereocenters. The van der Waals surface area contributed by atoms with Crippen LogP contribution in [-0.4, -0.2) is 19.2 Å². The molecule has 1 aliphatic rings. The zero-order valence-corrected chi connectivity index (χ0v) is 10.0. The summed E-state index contributed by atoms with van der Waals surface area (Å²) in [6.07, 6.45) is -0.536. The second-order valence-electron chi connectivity index (χ2n) is 4.72. The summed E-state index contributed by atoms with van der Waals surface area (Å²) >= 11 is 0. The van der Waals surface area contributed by atoms with E-state index in [0.29, 0.717) is 19.1 Å². The first-order valence-electron chi connectivity index (χ1n) is 5.88. The van der Waals surface area contributed by atoms with Crippen LogP contribution in [0.4, 0.5) is 8.78 Å². The number of halogens is 2. The average Bonchev–Trinajstić information content (AvgIpc) is 2.29. The topological polar surface area (TPSA) is 21.3 Å². The number of hydrogen-bond donors (Lipinski definition) is 1. The molecule has 0 amide bonds. The molecule has 0 aromatic heterocycles. The maximum atomic E-state index is 13.5. The Balaban J connectivity index is 2.11. The number of hydrogen-bond acceptors (Lipinski definition) is 2. The van der Waals surface area contributed by atoms with Crippen LogP contribution in [0, 0.1) is 17.6 Å². The number of ether oxygens (including phenoxy) is 1. The molecule has 4 heteroatoms. The second kappa shape index (κ2) is 5.10. The summed E-state index contributed by atoms with van der Waals surface area (Å²) in [5.74, 6) is -0.638. The minimum atomic E-state index is -0.542. The molecule has 1 aromatic rings. The first-order chi connectivity index (χ1) is 8.09. The third-order valence-electron chi connectivity index (χ3n) is 3.17. The molecule has 17 heavy (non-hydrogen) atoms. The van der Waals surface area contributed by atoms with Crippen molar-refractivity contribution in [2.24, 2.45) is 5.92 Å². The Bertz CT molecular complexity index is 367. The normalized spacial score (nSPS) is 25.2. The molecule has 94 valence electrons. The highest BCUT2D eigenvalue weighted by atomic mass is 19.1. The van der Waals surface area contributed by atoms with E-state index in [2.05, 4.69) is 19.2 Å². The van der Waals surface area contributed by atoms with E-state index in [0.717, 1.165) is 0 Å². The van der Waals surface area contributed by atoms with Gasteiger partial charge in [-0.25, -0.2) is 8.78 Å². The molecule has 2 rings (SSSR count). The first-order valence-corrected chi connectivity index (χ1v) is 5.88. The van der Waals surface area contributed by atoms with E-state index >= 15 is 0 Å². The van der Waals surface area contributed by atoms with Gasteiger partial charge in [0.1, 0.15) is 17.7 Å². The van der Waals surface area contributed by atoms with Crippen LogP contribution >= 0.6 is 0 Å². The fourth-order valence-electron chi connectivity index (χ4n) is 2.03. The molecule has 0 aliphatic carbocycles. The van der Waals surface area contributed by atoms with Crippen molar-refractivity contribution in [3.05, 3.63) is 35.4 Å². The molecule has 1 N–H and O–H groups in total. The van der Waals surface area contributed by atoms with Crippen molar-refractivity contribution >= 4 is 0 Å². The lowest BCUT2D eigenvalue weighted by Gasteiger charge is -2.33. The van der Waals surface area contributed by atoms with Crippen LogP contribution in [0.3, 0.4) is 0 Å². The molecule has 0 bridgehead atoms. The summed E-state index contributed by atoms with van der Waals surface area (Å²) in [5, 5.41) is 3.26. The van der Waals surface area contributed by atoms with E-state index in [1.807, 2.05) is 0 Å². The lowest BCUT2D eigenvalue weighted by molar-refractivity contribution is -0.0107. The Kier molecular flexibility index (Phi) is 3.74. The molecule has 1 saturated heterocycles. The fourth-order valence-corrected chi connectivity index (χ4v) is 2.03. The van der Waals surface area contributed by atoms with Gasteiger partial charge in [-0.15, -0.1) is 0 Å². The Labute approximate surface area is 100.0 Å². The third kappa shape index (κ3) is 2.64. The van der Waals surface area contributed by atoms with E-state index in [1.54, 1.807) is 0 Å². The highest BCUT2D eigenvalue weighted by Crippen LogP contribution is 2.26. The SMILES string of the molecule is CC(C)C1COC(c2c(F)cccc2F)CN1. The highest BCUT2D eigenvalue weighted by molar-refractivity contribution is 5.23. The molecule has 0 spiro atoms. The van der Waals surface area contributed by atoms with Crippen molar-refractivity contribution in [2.75, 3.05) is 13.2 Å². The van der Waals surface area contributed by atoms with E-state index in [9.17, 15) is 8.78 Å². The lowest BCUT2D eigenvalue weighted by Crippen LogP contribution is -2.46. The van der Waals surface area contributed by atoms with E-state index in [1.165, 1.54) is 18.2 Å². The van der Waals surface area contributed by atoms with Gasteiger partial charge in [0.25, 0.3) is 0 Å². The Hall–Kier alpha value is -1.00. The monoisotopic (exact) mass is 241 g/mol. The van der Waals surface area contributed by atoms with Crippen LogP contribution < -0.4 is 5.32 Å². The van der Waals surface area contributed by atoms with Gasteiger partial charge in [0.15, 0.2) is 0 Å². The van der Waals surface area contributed by atoms with Crippen LogP contribution in [0.25, 0.3) is 0 Å². The van der Waals surface area contributed by atoms with Gasteiger partial charge >= 0.3 is 0 Å². The molecule has 2 unspecified atom stereocenters. The van der Waals surface area contributed by atoms with E-state index in [4.69, 9.17) is 4.74 Å². The van der Waals surface area contributed by atoms with Gasteiger partial charge in [-0.3, -0.25) is 0 Å². The number of nitrogens with one attached hydrogen (secondary N) is 1. The number of rotatable bonds is 2. The maximum Gasteiger partial charge on any atom is 0.132 e. The maximum absolute atomic E-state index is 13.5. The van der Waals surface area contributed by atoms with Gasteiger partial charge in [0, 0.05) is 12.6 Å². The summed E-state index contributed by atoms with van der Waals surface area (Å²) in [6, 6.07) is 4.13. The smallest absolute Gasteiger partial charge is 0.132 e. The predicted octanol–water partition coefficient (Wildman–Crippen LogP) is 2.65. The molecule has 0 radical (unpaired) electrons. The van der Waals surface area contributed by atoms with Crippen LogP contribution in [-0.2, 0) is 4.74 Å². The lowest BCUT2D eigenvalue weighted by atomic mass is 10.0. The van der Waals surface area contributed by atoms with Crippen LogP contribution in [0.2, 0.25) is 0 Å². The zero-order valence-electron chi connectivity index (χ0n) is 10.0. The quantitative estimate of drug-likeness (QED) is 0.859. The van der Waals surface area contributed by atoms with Gasteiger partial charge in [-0.1, -0.05) is 19.9 Å². The number of benzene rings is 1. The first kappa shape index (κ1) is 12.5. The van der Waals surface area contributed by atoms with Gasteiger partial charge in [0.2, 0.25) is 0 Å². The van der Waals surface area contributed by atoms with Crippen LogP contribution in [0.5, 0.6) is 0 Å². The summed E-state index contributed by atoms with van der Waals surface area (Å²) in [7, 11) is 0. The van der Waals surface area contributed by atoms with Gasteiger partial charge in [-0.05, 0) is 18.1 Å². The van der Waals surface area contributed by atoms with Crippen molar-refractivity contribution in [3.63, 3.8) is 0 Å². The van der Waals surface area contributed by atoms with E-state index < -0.39 is 17.7 Å². The molecule has 0 saturated carbocycles. The van der Waals surface area contributed by atoms with Gasteiger partial charge in [-0.2, -0.15) is 0 Å². The van der Waals surface area contributed by atoms with E-state index in [-0.39, 0.29) is 11.6 Å². The van der Waals surface area contributed by atoms with Crippen molar-refractivity contribution in [3.8, 4) is 0 Å². The standard InChI is InChI=1S/C13H17F2NO/c1-8(2)11-7-17-12(6-16-11)13-9(14)4-3-5-10(13)15/h3-5,8,11-12,16H,6-7H2,1-2H3. The Morgan fingerprint density at radius 1 is 1.29 bits per heavy atom. The molecular formula is C13H17F2NO. The summed E-state index contributed by atoms with van der Waals surface area (Å²) < 4.78 is 32.6. The summed E-state index contributed by atoms with van der Waals surface area (Å²) in [5.41, 5.74) is 0.0298. The molecule has 1 fully saturated rings. The highest BCUT2D eigenvalue weighted by Gasteiger charge is 2.27. The summed E-state index contributed by atoms with van der Waals surface area (Å²) in [6.45, 7) is 5.10. The molecular weight excluding hydrogens is 224 g/mol.